The van der Waals surface area contributed by atoms with Crippen LogP contribution in [-0.2, 0) is 9.84 Å². The SMILES string of the molecule is CCNC1CCC(CC)CC1S(=O)(=O)c1ccccc1. The van der Waals surface area contributed by atoms with Gasteiger partial charge in [0.15, 0.2) is 9.84 Å². The van der Waals surface area contributed by atoms with E-state index in [-0.39, 0.29) is 11.3 Å². The van der Waals surface area contributed by atoms with Crippen LogP contribution in [0.1, 0.15) is 39.5 Å². The monoisotopic (exact) mass is 295 g/mol. The van der Waals surface area contributed by atoms with Crippen LogP contribution in [0.2, 0.25) is 0 Å². The molecule has 1 fully saturated rings. The zero-order valence-corrected chi connectivity index (χ0v) is 13.2. The highest BCUT2D eigenvalue weighted by Gasteiger charge is 2.38. The normalized spacial score (nSPS) is 27.4. The van der Waals surface area contributed by atoms with Crippen molar-refractivity contribution in [2.24, 2.45) is 5.92 Å². The van der Waals surface area contributed by atoms with Crippen molar-refractivity contribution in [2.45, 2.75) is 55.7 Å². The Morgan fingerprint density at radius 3 is 2.45 bits per heavy atom. The summed E-state index contributed by atoms with van der Waals surface area (Å²) in [5, 5.41) is 3.09. The first kappa shape index (κ1) is 15.5. The van der Waals surface area contributed by atoms with Crippen molar-refractivity contribution in [1.82, 2.24) is 5.32 Å². The van der Waals surface area contributed by atoms with Gasteiger partial charge < -0.3 is 5.32 Å². The molecule has 112 valence electrons. The Balaban J connectivity index is 2.29. The van der Waals surface area contributed by atoms with Gasteiger partial charge in [0.25, 0.3) is 0 Å². The lowest BCUT2D eigenvalue weighted by molar-refractivity contribution is 0.290. The van der Waals surface area contributed by atoms with E-state index in [0.29, 0.717) is 10.8 Å². The fourth-order valence-corrected chi connectivity index (χ4v) is 5.28. The first-order valence-electron chi connectivity index (χ1n) is 7.61. The van der Waals surface area contributed by atoms with Crippen LogP contribution in [0.15, 0.2) is 35.2 Å². The summed E-state index contributed by atoms with van der Waals surface area (Å²) in [5.41, 5.74) is 0. The predicted octanol–water partition coefficient (Wildman–Crippen LogP) is 3.02. The number of hydrogen-bond acceptors (Lipinski definition) is 3. The molecule has 0 aliphatic heterocycles. The topological polar surface area (TPSA) is 46.2 Å². The van der Waals surface area contributed by atoms with Crippen molar-refractivity contribution in [3.05, 3.63) is 30.3 Å². The second-order valence-corrected chi connectivity index (χ2v) is 7.81. The lowest BCUT2D eigenvalue weighted by Crippen LogP contribution is -2.48. The van der Waals surface area contributed by atoms with Crippen LogP contribution >= 0.6 is 0 Å². The highest BCUT2D eigenvalue weighted by atomic mass is 32.2. The van der Waals surface area contributed by atoms with Gasteiger partial charge >= 0.3 is 0 Å². The molecule has 1 saturated carbocycles. The van der Waals surface area contributed by atoms with E-state index in [9.17, 15) is 8.42 Å². The summed E-state index contributed by atoms with van der Waals surface area (Å²) in [7, 11) is -3.24. The number of hydrogen-bond donors (Lipinski definition) is 1. The number of nitrogens with one attached hydrogen (secondary N) is 1. The standard InChI is InChI=1S/C16H25NO2S/c1-3-13-10-11-15(17-4-2)16(12-13)20(18,19)14-8-6-5-7-9-14/h5-9,13,15-17H,3-4,10-12H2,1-2H3. The molecule has 0 aromatic heterocycles. The summed E-state index contributed by atoms with van der Waals surface area (Å²) >= 11 is 0. The van der Waals surface area contributed by atoms with Crippen molar-refractivity contribution in [2.75, 3.05) is 6.54 Å². The first-order chi connectivity index (χ1) is 9.59. The van der Waals surface area contributed by atoms with Gasteiger partial charge in [-0.15, -0.1) is 0 Å². The molecular formula is C16H25NO2S. The van der Waals surface area contributed by atoms with Gasteiger partial charge in [-0.3, -0.25) is 0 Å². The van der Waals surface area contributed by atoms with Gasteiger partial charge in [-0.25, -0.2) is 8.42 Å². The zero-order chi connectivity index (χ0) is 14.6. The van der Waals surface area contributed by atoms with Crippen molar-refractivity contribution in [3.8, 4) is 0 Å². The van der Waals surface area contributed by atoms with Crippen LogP contribution < -0.4 is 5.32 Å². The molecule has 0 saturated heterocycles. The van der Waals surface area contributed by atoms with Gasteiger partial charge in [0.1, 0.15) is 0 Å². The third-order valence-corrected chi connectivity index (χ3v) is 6.66. The molecule has 1 N–H and O–H groups in total. The van der Waals surface area contributed by atoms with E-state index in [1.165, 1.54) is 0 Å². The average Bonchev–Trinajstić information content (AvgIpc) is 2.48. The molecule has 2 rings (SSSR count). The van der Waals surface area contributed by atoms with E-state index in [0.717, 1.165) is 32.2 Å². The van der Waals surface area contributed by atoms with Crippen molar-refractivity contribution in [1.29, 1.82) is 0 Å². The molecule has 20 heavy (non-hydrogen) atoms. The lowest BCUT2D eigenvalue weighted by Gasteiger charge is -2.36. The molecule has 1 aliphatic rings. The maximum absolute atomic E-state index is 12.9. The second kappa shape index (κ2) is 6.72. The highest BCUT2D eigenvalue weighted by molar-refractivity contribution is 7.92. The van der Waals surface area contributed by atoms with Gasteiger partial charge in [0, 0.05) is 6.04 Å². The molecule has 1 aromatic rings. The van der Waals surface area contributed by atoms with E-state index in [2.05, 4.69) is 12.2 Å². The summed E-state index contributed by atoms with van der Waals surface area (Å²) in [6.45, 7) is 5.02. The summed E-state index contributed by atoms with van der Waals surface area (Å²) in [4.78, 5) is 0.463. The smallest absolute Gasteiger partial charge is 0.182 e. The van der Waals surface area contributed by atoms with Crippen LogP contribution in [0.4, 0.5) is 0 Å². The molecule has 4 heteroatoms. The van der Waals surface area contributed by atoms with Crippen molar-refractivity contribution in [3.63, 3.8) is 0 Å². The zero-order valence-electron chi connectivity index (χ0n) is 12.4. The second-order valence-electron chi connectivity index (χ2n) is 5.65. The maximum Gasteiger partial charge on any atom is 0.182 e. The summed E-state index contributed by atoms with van der Waals surface area (Å²) in [6, 6.07) is 8.98. The van der Waals surface area contributed by atoms with Crippen molar-refractivity contribution < 1.29 is 8.42 Å². The quantitative estimate of drug-likeness (QED) is 0.908. The van der Waals surface area contributed by atoms with Gasteiger partial charge in [-0.1, -0.05) is 38.5 Å². The van der Waals surface area contributed by atoms with E-state index >= 15 is 0 Å². The average molecular weight is 295 g/mol. The highest BCUT2D eigenvalue weighted by Crippen LogP contribution is 2.33. The first-order valence-corrected chi connectivity index (χ1v) is 9.16. The Bertz CT molecular complexity index is 513. The van der Waals surface area contributed by atoms with E-state index < -0.39 is 9.84 Å². The third kappa shape index (κ3) is 3.23. The number of benzene rings is 1. The minimum atomic E-state index is -3.24. The fourth-order valence-electron chi connectivity index (χ4n) is 3.21. The van der Waals surface area contributed by atoms with Crippen LogP contribution in [-0.4, -0.2) is 26.3 Å². The largest absolute Gasteiger partial charge is 0.313 e. The van der Waals surface area contributed by atoms with E-state index in [1.54, 1.807) is 24.3 Å². The minimum Gasteiger partial charge on any atom is -0.313 e. The fraction of sp³-hybridized carbons (Fsp3) is 0.625. The number of rotatable bonds is 5. The Morgan fingerprint density at radius 2 is 1.85 bits per heavy atom. The molecule has 3 unspecified atom stereocenters. The van der Waals surface area contributed by atoms with Gasteiger partial charge in [-0.2, -0.15) is 0 Å². The molecule has 0 amide bonds. The molecule has 0 heterocycles. The summed E-state index contributed by atoms with van der Waals surface area (Å²) < 4.78 is 25.8. The van der Waals surface area contributed by atoms with Crippen LogP contribution in [0.3, 0.4) is 0 Å². The molecule has 0 spiro atoms. The van der Waals surface area contributed by atoms with Gasteiger partial charge in [0.2, 0.25) is 0 Å². The molecule has 1 aromatic carbocycles. The summed E-state index contributed by atoms with van der Waals surface area (Å²) in [5.74, 6) is 0.536. The Hall–Kier alpha value is -0.870. The Kier molecular flexibility index (Phi) is 5.22. The van der Waals surface area contributed by atoms with E-state index in [4.69, 9.17) is 0 Å². The van der Waals surface area contributed by atoms with Crippen LogP contribution in [0.5, 0.6) is 0 Å². The van der Waals surface area contributed by atoms with Gasteiger partial charge in [0.05, 0.1) is 10.1 Å². The van der Waals surface area contributed by atoms with Crippen LogP contribution in [0.25, 0.3) is 0 Å². The Morgan fingerprint density at radius 1 is 1.15 bits per heavy atom. The molecular weight excluding hydrogens is 270 g/mol. The van der Waals surface area contributed by atoms with E-state index in [1.807, 2.05) is 13.0 Å². The van der Waals surface area contributed by atoms with Crippen LogP contribution in [0, 0.1) is 5.92 Å². The predicted molar refractivity (Wildman–Crippen MR) is 82.5 cm³/mol. The third-order valence-electron chi connectivity index (χ3n) is 4.41. The lowest BCUT2D eigenvalue weighted by atomic mass is 9.84. The molecule has 1 aliphatic carbocycles. The minimum absolute atomic E-state index is 0.0907. The maximum atomic E-state index is 12.9. The van der Waals surface area contributed by atoms with Crippen molar-refractivity contribution >= 4 is 9.84 Å². The molecule has 0 bridgehead atoms. The molecule has 3 nitrogen and oxygen atoms in total. The molecule has 0 radical (unpaired) electrons. The van der Waals surface area contributed by atoms with Gasteiger partial charge in [-0.05, 0) is 43.9 Å². The Labute approximate surface area is 122 Å². The molecule has 3 atom stereocenters. The number of sulfone groups is 1. The summed E-state index contributed by atoms with van der Waals surface area (Å²) in [6.07, 6.45) is 3.95.